The second-order valence-electron chi connectivity index (χ2n) is 12.9. The minimum absolute atomic E-state index is 0.149. The molecule has 45 heavy (non-hydrogen) atoms. The molecule has 0 amide bonds. The van der Waals surface area contributed by atoms with Crippen LogP contribution in [0.2, 0.25) is 0 Å². The van der Waals surface area contributed by atoms with Gasteiger partial charge in [-0.1, -0.05) is 153 Å². The Labute approximate surface area is 263 Å². The number of para-hydroxylation sites is 1. The zero-order valence-corrected chi connectivity index (χ0v) is 25.4. The molecule has 1 heterocycles. The van der Waals surface area contributed by atoms with Gasteiger partial charge in [-0.3, -0.25) is 0 Å². The molecule has 1 aliphatic carbocycles. The molecule has 9 rings (SSSR count). The van der Waals surface area contributed by atoms with Crippen molar-refractivity contribution in [2.24, 2.45) is 0 Å². The first kappa shape index (κ1) is 26.0. The molecule has 1 nitrogen and oxygen atoms in total. The largest absolute Gasteiger partial charge is 0.455 e. The van der Waals surface area contributed by atoms with Crippen molar-refractivity contribution in [2.45, 2.75) is 24.7 Å². The molecule has 1 heteroatoms. The van der Waals surface area contributed by atoms with Gasteiger partial charge in [-0.25, -0.2) is 0 Å². The van der Waals surface area contributed by atoms with Crippen molar-refractivity contribution in [3.8, 4) is 11.1 Å². The van der Waals surface area contributed by atoms with Crippen molar-refractivity contribution < 1.29 is 4.42 Å². The van der Waals surface area contributed by atoms with Gasteiger partial charge in [0.15, 0.2) is 0 Å². The quantitative estimate of drug-likeness (QED) is 0.204. The molecular formula is C44H32O. The molecular weight excluding hydrogens is 544 g/mol. The van der Waals surface area contributed by atoms with E-state index in [9.17, 15) is 0 Å². The van der Waals surface area contributed by atoms with Crippen molar-refractivity contribution in [2.75, 3.05) is 0 Å². The molecule has 0 saturated heterocycles. The highest BCUT2D eigenvalue weighted by atomic mass is 16.3. The van der Waals surface area contributed by atoms with Gasteiger partial charge in [0.05, 0.1) is 5.41 Å². The molecule has 8 aromatic rings. The first-order valence-corrected chi connectivity index (χ1v) is 15.8. The van der Waals surface area contributed by atoms with Crippen LogP contribution in [0.3, 0.4) is 0 Å². The number of benzene rings is 7. The van der Waals surface area contributed by atoms with E-state index >= 15 is 0 Å². The van der Waals surface area contributed by atoms with Gasteiger partial charge in [0, 0.05) is 21.6 Å². The Morgan fingerprint density at radius 3 is 1.69 bits per heavy atom. The molecule has 214 valence electrons. The third kappa shape index (κ3) is 3.61. The molecule has 0 aliphatic heterocycles. The molecule has 0 N–H and O–H groups in total. The standard InChI is InChI=1S/C44H32O/c1-43(2)37-15-7-9-17-39(37)44(40-18-10-8-16-38(40)43,32-24-20-30(21-25-32)29-12-4-3-5-13-29)33-26-22-31-23-27-35-34-14-6-11-19-41(34)45-42(35)36(31)28-33/h3-28H,1-2H3. The Morgan fingerprint density at radius 2 is 0.978 bits per heavy atom. The molecule has 0 bridgehead atoms. The van der Waals surface area contributed by atoms with E-state index < -0.39 is 5.41 Å². The number of rotatable bonds is 3. The lowest BCUT2D eigenvalue weighted by Gasteiger charge is -2.48. The summed E-state index contributed by atoms with van der Waals surface area (Å²) in [5, 5.41) is 4.63. The Bertz CT molecular complexity index is 2340. The van der Waals surface area contributed by atoms with Gasteiger partial charge in [-0.05, 0) is 68.1 Å². The number of hydrogen-bond acceptors (Lipinski definition) is 1. The summed E-state index contributed by atoms with van der Waals surface area (Å²) >= 11 is 0. The fraction of sp³-hybridized carbons (Fsp3) is 0.0909. The van der Waals surface area contributed by atoms with Gasteiger partial charge in [-0.2, -0.15) is 0 Å². The van der Waals surface area contributed by atoms with Crippen molar-refractivity contribution in [1.82, 2.24) is 0 Å². The van der Waals surface area contributed by atoms with E-state index in [2.05, 4.69) is 166 Å². The van der Waals surface area contributed by atoms with Crippen LogP contribution in [0, 0.1) is 0 Å². The molecule has 1 aromatic heterocycles. The zero-order chi connectivity index (χ0) is 30.2. The van der Waals surface area contributed by atoms with E-state index in [-0.39, 0.29) is 5.41 Å². The van der Waals surface area contributed by atoms with Crippen LogP contribution in [0.4, 0.5) is 0 Å². The maximum atomic E-state index is 6.58. The van der Waals surface area contributed by atoms with Gasteiger partial charge in [0.1, 0.15) is 11.2 Å². The fourth-order valence-electron chi connectivity index (χ4n) is 8.07. The van der Waals surface area contributed by atoms with Gasteiger partial charge in [-0.15, -0.1) is 0 Å². The predicted molar refractivity (Wildman–Crippen MR) is 187 cm³/mol. The van der Waals surface area contributed by atoms with Crippen molar-refractivity contribution in [3.05, 3.63) is 191 Å². The maximum absolute atomic E-state index is 6.58. The average molecular weight is 577 g/mol. The summed E-state index contributed by atoms with van der Waals surface area (Å²) in [6.07, 6.45) is 0. The summed E-state index contributed by atoms with van der Waals surface area (Å²) in [5.74, 6) is 0. The van der Waals surface area contributed by atoms with Crippen LogP contribution >= 0.6 is 0 Å². The molecule has 7 aromatic carbocycles. The maximum Gasteiger partial charge on any atom is 0.143 e. The SMILES string of the molecule is CC1(C)c2ccccc2C(c2ccc(-c3ccccc3)cc2)(c2ccc3ccc4c5ccccc5oc4c3c2)c2ccccc21. The Balaban J connectivity index is 1.40. The summed E-state index contributed by atoms with van der Waals surface area (Å²) in [7, 11) is 0. The third-order valence-electron chi connectivity index (χ3n) is 10.2. The number of fused-ring (bicyclic) bond motifs is 7. The van der Waals surface area contributed by atoms with Crippen LogP contribution < -0.4 is 0 Å². The van der Waals surface area contributed by atoms with E-state index in [0.29, 0.717) is 0 Å². The minimum atomic E-state index is -0.527. The molecule has 0 radical (unpaired) electrons. The second-order valence-corrected chi connectivity index (χ2v) is 12.9. The topological polar surface area (TPSA) is 13.1 Å². The fourth-order valence-corrected chi connectivity index (χ4v) is 8.07. The lowest BCUT2D eigenvalue weighted by Crippen LogP contribution is -2.41. The van der Waals surface area contributed by atoms with Gasteiger partial charge < -0.3 is 4.42 Å². The van der Waals surface area contributed by atoms with Crippen LogP contribution in [0.25, 0.3) is 43.8 Å². The lowest BCUT2D eigenvalue weighted by molar-refractivity contribution is 0.559. The smallest absolute Gasteiger partial charge is 0.143 e. The van der Waals surface area contributed by atoms with Crippen LogP contribution in [0.1, 0.15) is 47.2 Å². The van der Waals surface area contributed by atoms with E-state index in [1.165, 1.54) is 49.9 Å². The first-order chi connectivity index (χ1) is 22.1. The van der Waals surface area contributed by atoms with E-state index in [1.807, 2.05) is 6.07 Å². The Hall–Kier alpha value is -5.40. The monoisotopic (exact) mass is 576 g/mol. The first-order valence-electron chi connectivity index (χ1n) is 15.8. The summed E-state index contributed by atoms with van der Waals surface area (Å²) in [6, 6.07) is 57.9. The van der Waals surface area contributed by atoms with E-state index in [1.54, 1.807) is 0 Å². The highest BCUT2D eigenvalue weighted by molar-refractivity contribution is 6.15. The summed E-state index contributed by atoms with van der Waals surface area (Å²) < 4.78 is 6.58. The second kappa shape index (κ2) is 9.55. The van der Waals surface area contributed by atoms with Crippen LogP contribution in [-0.4, -0.2) is 0 Å². The minimum Gasteiger partial charge on any atom is -0.455 e. The lowest BCUT2D eigenvalue weighted by atomic mass is 9.54. The third-order valence-corrected chi connectivity index (χ3v) is 10.2. The van der Waals surface area contributed by atoms with Gasteiger partial charge >= 0.3 is 0 Å². The van der Waals surface area contributed by atoms with Gasteiger partial charge in [0.25, 0.3) is 0 Å². The Morgan fingerprint density at radius 1 is 0.422 bits per heavy atom. The number of furan rings is 1. The molecule has 0 unspecified atom stereocenters. The van der Waals surface area contributed by atoms with E-state index in [4.69, 9.17) is 4.42 Å². The molecule has 0 saturated carbocycles. The molecule has 1 aliphatic rings. The zero-order valence-electron chi connectivity index (χ0n) is 25.4. The molecule has 0 spiro atoms. The molecule has 0 fully saturated rings. The van der Waals surface area contributed by atoms with Crippen molar-refractivity contribution in [1.29, 1.82) is 0 Å². The molecule has 0 atom stereocenters. The highest BCUT2D eigenvalue weighted by Gasteiger charge is 2.48. The number of hydrogen-bond donors (Lipinski definition) is 0. The normalized spacial score (nSPS) is 14.8. The van der Waals surface area contributed by atoms with Crippen LogP contribution in [-0.2, 0) is 10.8 Å². The Kier molecular flexibility index (Phi) is 5.53. The average Bonchev–Trinajstić information content (AvgIpc) is 3.49. The van der Waals surface area contributed by atoms with Gasteiger partial charge in [0.2, 0.25) is 0 Å². The van der Waals surface area contributed by atoms with Crippen LogP contribution in [0.5, 0.6) is 0 Å². The van der Waals surface area contributed by atoms with Crippen molar-refractivity contribution in [3.63, 3.8) is 0 Å². The predicted octanol–water partition coefficient (Wildman–Crippen LogP) is 11.4. The van der Waals surface area contributed by atoms with Crippen molar-refractivity contribution >= 4 is 32.7 Å². The highest BCUT2D eigenvalue weighted by Crippen LogP contribution is 2.56. The van der Waals surface area contributed by atoms with Crippen LogP contribution in [0.15, 0.2) is 162 Å². The van der Waals surface area contributed by atoms with E-state index in [0.717, 1.165) is 27.3 Å². The summed E-state index contributed by atoms with van der Waals surface area (Å²) in [6.45, 7) is 4.73. The summed E-state index contributed by atoms with van der Waals surface area (Å²) in [5.41, 5.74) is 11.5. The summed E-state index contributed by atoms with van der Waals surface area (Å²) in [4.78, 5) is 0.